The molecule has 2 aromatic carbocycles. The standard InChI is InChI=1S/C26H29N3OS/c1-18-10-6-8-14-22(18)29-25(30)24(31-26(29)27-20-11-4-3-5-12-20)16-19-17-28(2)23-15-9-7-13-21(19)23/h3-5,7,9,11-13,15-18,22,26-27H,6,8,10,14H2,1-2H3/b24-16-/t18-,22-,26?/m0/s1. The van der Waals surface area contributed by atoms with Gasteiger partial charge >= 0.3 is 0 Å². The van der Waals surface area contributed by atoms with Gasteiger partial charge in [0.1, 0.15) is 0 Å². The molecule has 31 heavy (non-hydrogen) atoms. The van der Waals surface area contributed by atoms with E-state index in [1.54, 1.807) is 11.8 Å². The van der Waals surface area contributed by atoms with Crippen LogP contribution < -0.4 is 5.32 Å². The minimum absolute atomic E-state index is 0.0818. The summed E-state index contributed by atoms with van der Waals surface area (Å²) in [4.78, 5) is 16.6. The van der Waals surface area contributed by atoms with Gasteiger partial charge in [0.15, 0.2) is 5.50 Å². The zero-order valence-electron chi connectivity index (χ0n) is 18.1. The van der Waals surface area contributed by atoms with Crippen LogP contribution in [-0.2, 0) is 11.8 Å². The van der Waals surface area contributed by atoms with Gasteiger partial charge < -0.3 is 14.8 Å². The fraction of sp³-hybridized carbons (Fsp3) is 0.346. The maximum Gasteiger partial charge on any atom is 0.262 e. The Labute approximate surface area is 188 Å². The fourth-order valence-corrected chi connectivity index (χ4v) is 6.20. The van der Waals surface area contributed by atoms with Gasteiger partial charge in [-0.15, -0.1) is 0 Å². The second kappa shape index (κ2) is 8.46. The Balaban J connectivity index is 1.51. The molecule has 1 unspecified atom stereocenters. The predicted octanol–water partition coefficient (Wildman–Crippen LogP) is 6.07. The molecule has 1 aliphatic carbocycles. The lowest BCUT2D eigenvalue weighted by Crippen LogP contribution is -2.48. The van der Waals surface area contributed by atoms with Crippen molar-refractivity contribution in [3.8, 4) is 0 Å². The Morgan fingerprint density at radius 2 is 1.77 bits per heavy atom. The number of amides is 1. The number of hydrogen-bond acceptors (Lipinski definition) is 3. The van der Waals surface area contributed by atoms with Crippen LogP contribution >= 0.6 is 11.8 Å². The van der Waals surface area contributed by atoms with Crippen LogP contribution in [0.5, 0.6) is 0 Å². The number of benzene rings is 2. The van der Waals surface area contributed by atoms with Crippen molar-refractivity contribution in [1.29, 1.82) is 0 Å². The van der Waals surface area contributed by atoms with E-state index in [-0.39, 0.29) is 17.4 Å². The molecule has 0 bridgehead atoms. The molecule has 0 radical (unpaired) electrons. The van der Waals surface area contributed by atoms with Crippen LogP contribution in [0.25, 0.3) is 17.0 Å². The van der Waals surface area contributed by atoms with Crippen molar-refractivity contribution < 1.29 is 4.79 Å². The minimum Gasteiger partial charge on any atom is -0.356 e. The number of carbonyl (C=O) groups excluding carboxylic acids is 1. The van der Waals surface area contributed by atoms with Gasteiger partial charge in [0.2, 0.25) is 0 Å². The number of nitrogens with one attached hydrogen (secondary N) is 1. The highest BCUT2D eigenvalue weighted by Gasteiger charge is 2.42. The molecule has 1 amide bonds. The van der Waals surface area contributed by atoms with E-state index in [0.29, 0.717) is 5.92 Å². The van der Waals surface area contributed by atoms with Gasteiger partial charge in [0, 0.05) is 41.4 Å². The van der Waals surface area contributed by atoms with Crippen molar-refractivity contribution in [2.45, 2.75) is 44.1 Å². The quantitative estimate of drug-likeness (QED) is 0.510. The van der Waals surface area contributed by atoms with Crippen molar-refractivity contribution in [2.75, 3.05) is 5.32 Å². The monoisotopic (exact) mass is 431 g/mol. The van der Waals surface area contributed by atoms with Crippen molar-refractivity contribution in [3.63, 3.8) is 0 Å². The third kappa shape index (κ3) is 3.87. The zero-order chi connectivity index (χ0) is 21.4. The van der Waals surface area contributed by atoms with Crippen LogP contribution in [0, 0.1) is 5.92 Å². The summed E-state index contributed by atoms with van der Waals surface area (Å²) in [6, 6.07) is 18.9. The molecule has 0 spiro atoms. The van der Waals surface area contributed by atoms with E-state index in [9.17, 15) is 4.79 Å². The summed E-state index contributed by atoms with van der Waals surface area (Å²) < 4.78 is 2.13. The largest absolute Gasteiger partial charge is 0.356 e. The number of thioether (sulfide) groups is 1. The summed E-state index contributed by atoms with van der Waals surface area (Å²) in [7, 11) is 2.06. The molecule has 2 heterocycles. The van der Waals surface area contributed by atoms with E-state index in [1.807, 2.05) is 18.2 Å². The molecule has 1 saturated carbocycles. The maximum absolute atomic E-state index is 13.7. The molecule has 4 nitrogen and oxygen atoms in total. The molecule has 3 atom stereocenters. The highest BCUT2D eigenvalue weighted by atomic mass is 32.2. The fourth-order valence-electron chi connectivity index (χ4n) is 5.00. The summed E-state index contributed by atoms with van der Waals surface area (Å²) in [6.45, 7) is 2.30. The lowest BCUT2D eigenvalue weighted by Gasteiger charge is -2.39. The molecule has 5 heteroatoms. The average Bonchev–Trinajstić information content (AvgIpc) is 3.26. The van der Waals surface area contributed by atoms with Crippen LogP contribution in [-0.4, -0.2) is 26.9 Å². The molecule has 1 N–H and O–H groups in total. The second-order valence-electron chi connectivity index (χ2n) is 8.74. The first-order valence-electron chi connectivity index (χ1n) is 11.2. The van der Waals surface area contributed by atoms with Crippen molar-refractivity contribution in [1.82, 2.24) is 9.47 Å². The number of rotatable bonds is 4. The lowest BCUT2D eigenvalue weighted by atomic mass is 9.85. The van der Waals surface area contributed by atoms with Crippen molar-refractivity contribution >= 4 is 40.3 Å². The van der Waals surface area contributed by atoms with E-state index in [1.165, 1.54) is 30.2 Å². The third-order valence-corrected chi connectivity index (χ3v) is 7.75. The van der Waals surface area contributed by atoms with Crippen LogP contribution in [0.2, 0.25) is 0 Å². The van der Waals surface area contributed by atoms with E-state index in [4.69, 9.17) is 0 Å². The van der Waals surface area contributed by atoms with Gasteiger partial charge in [0.25, 0.3) is 5.91 Å². The first kappa shape index (κ1) is 20.3. The van der Waals surface area contributed by atoms with Crippen LogP contribution in [0.3, 0.4) is 0 Å². The number of aryl methyl sites for hydroxylation is 1. The summed E-state index contributed by atoms with van der Waals surface area (Å²) >= 11 is 1.65. The summed E-state index contributed by atoms with van der Waals surface area (Å²) in [6.07, 6.45) is 8.95. The van der Waals surface area contributed by atoms with Crippen LogP contribution in [0.15, 0.2) is 65.7 Å². The Hall–Kier alpha value is -2.66. The van der Waals surface area contributed by atoms with Crippen LogP contribution in [0.4, 0.5) is 5.69 Å². The number of fused-ring (bicyclic) bond motifs is 1. The smallest absolute Gasteiger partial charge is 0.262 e. The molecular weight excluding hydrogens is 402 g/mol. The Morgan fingerprint density at radius 1 is 1.03 bits per heavy atom. The molecule has 1 aromatic heterocycles. The average molecular weight is 432 g/mol. The molecule has 5 rings (SSSR count). The van der Waals surface area contributed by atoms with Gasteiger partial charge in [-0.3, -0.25) is 4.79 Å². The van der Waals surface area contributed by atoms with Crippen LogP contribution in [0.1, 0.15) is 38.2 Å². The third-order valence-electron chi connectivity index (χ3n) is 6.64. The summed E-state index contributed by atoms with van der Waals surface area (Å²) in [5, 5.41) is 4.80. The molecule has 2 fully saturated rings. The van der Waals surface area contributed by atoms with Gasteiger partial charge in [-0.25, -0.2) is 0 Å². The van der Waals surface area contributed by atoms with Crippen molar-refractivity contribution in [2.24, 2.45) is 13.0 Å². The molecule has 160 valence electrons. The first-order chi connectivity index (χ1) is 15.1. The van der Waals surface area contributed by atoms with Gasteiger partial charge in [-0.2, -0.15) is 0 Å². The topological polar surface area (TPSA) is 37.3 Å². The molecule has 2 aliphatic rings. The van der Waals surface area contributed by atoms with E-state index in [2.05, 4.69) is 77.4 Å². The summed E-state index contributed by atoms with van der Waals surface area (Å²) in [5.41, 5.74) is 3.25. The number of anilines is 1. The number of nitrogens with zero attached hydrogens (tertiary/aromatic N) is 2. The maximum atomic E-state index is 13.7. The lowest BCUT2D eigenvalue weighted by molar-refractivity contribution is -0.129. The first-order valence-corrected chi connectivity index (χ1v) is 12.1. The highest BCUT2D eigenvalue weighted by Crippen LogP contribution is 2.42. The van der Waals surface area contributed by atoms with E-state index in [0.717, 1.165) is 22.6 Å². The number of aromatic nitrogens is 1. The van der Waals surface area contributed by atoms with E-state index >= 15 is 0 Å². The summed E-state index contributed by atoms with van der Waals surface area (Å²) in [5.74, 6) is 0.681. The number of para-hydroxylation sites is 2. The van der Waals surface area contributed by atoms with Crippen molar-refractivity contribution in [3.05, 3.63) is 71.3 Å². The van der Waals surface area contributed by atoms with E-state index < -0.39 is 0 Å². The SMILES string of the molecule is C[C@H]1CCCC[C@@H]1N1C(=O)/C(=C/c2cn(C)c3ccccc23)SC1Nc1ccccc1. The molecule has 1 saturated heterocycles. The normalized spacial score (nSPS) is 25.5. The minimum atomic E-state index is -0.0818. The molecular formula is C26H29N3OS. The number of hydrogen-bond donors (Lipinski definition) is 1. The molecule has 3 aromatic rings. The molecule has 1 aliphatic heterocycles. The second-order valence-corrected chi connectivity index (χ2v) is 9.87. The number of carbonyl (C=O) groups is 1. The zero-order valence-corrected chi connectivity index (χ0v) is 18.9. The van der Waals surface area contributed by atoms with Gasteiger partial charge in [-0.05, 0) is 43.0 Å². The highest BCUT2D eigenvalue weighted by molar-refractivity contribution is 8.05. The van der Waals surface area contributed by atoms with Gasteiger partial charge in [0.05, 0.1) is 4.91 Å². The Bertz CT molecular complexity index is 1120. The Kier molecular flexibility index (Phi) is 5.53. The Morgan fingerprint density at radius 3 is 2.58 bits per heavy atom. The predicted molar refractivity (Wildman–Crippen MR) is 131 cm³/mol. The van der Waals surface area contributed by atoms with Gasteiger partial charge in [-0.1, -0.05) is 67.9 Å².